The number of aliphatic hydroxyl groups is 1. The third-order valence-corrected chi connectivity index (χ3v) is 8.51. The number of fused-ring (bicyclic) bond motifs is 7. The average molecular weight is 636 g/mol. The van der Waals surface area contributed by atoms with Gasteiger partial charge in [0.15, 0.2) is 18.1 Å². The quantitative estimate of drug-likeness (QED) is 0.312. The van der Waals surface area contributed by atoms with Crippen LogP contribution in [0.4, 0.5) is 0 Å². The van der Waals surface area contributed by atoms with Crippen molar-refractivity contribution in [2.45, 2.75) is 38.6 Å². The number of carbonyl (C=O) groups excluding carboxylic acids is 3. The number of aliphatic hydroxyl groups excluding tert-OH is 1. The molecule has 1 saturated heterocycles. The molecule has 1 fully saturated rings. The summed E-state index contributed by atoms with van der Waals surface area (Å²) in [6.07, 6.45) is -0.393. The van der Waals surface area contributed by atoms with E-state index in [1.807, 2.05) is 55.5 Å². The van der Waals surface area contributed by atoms with E-state index in [0.717, 1.165) is 33.4 Å². The van der Waals surface area contributed by atoms with Gasteiger partial charge in [0.25, 0.3) is 11.8 Å². The van der Waals surface area contributed by atoms with Gasteiger partial charge in [0, 0.05) is 18.7 Å². The van der Waals surface area contributed by atoms with E-state index in [-0.39, 0.29) is 57.0 Å². The molecule has 0 aliphatic carbocycles. The van der Waals surface area contributed by atoms with Gasteiger partial charge >= 0.3 is 0 Å². The summed E-state index contributed by atoms with van der Waals surface area (Å²) in [6, 6.07) is 25.0. The highest BCUT2D eigenvalue weighted by atomic mass is 16.5. The van der Waals surface area contributed by atoms with Crippen molar-refractivity contribution in [2.75, 3.05) is 26.8 Å². The molecule has 3 aliphatic heterocycles. The van der Waals surface area contributed by atoms with Crippen molar-refractivity contribution in [1.82, 2.24) is 15.5 Å². The van der Waals surface area contributed by atoms with Crippen molar-refractivity contribution < 1.29 is 33.7 Å². The zero-order chi connectivity index (χ0) is 32.9. The van der Waals surface area contributed by atoms with E-state index in [2.05, 4.69) is 10.6 Å². The first-order valence-corrected chi connectivity index (χ1v) is 15.5. The van der Waals surface area contributed by atoms with E-state index >= 15 is 0 Å². The van der Waals surface area contributed by atoms with E-state index in [1.54, 1.807) is 41.3 Å². The second-order valence-corrected chi connectivity index (χ2v) is 11.8. The van der Waals surface area contributed by atoms with Gasteiger partial charge < -0.3 is 34.9 Å². The lowest BCUT2D eigenvalue weighted by atomic mass is 9.97. The van der Waals surface area contributed by atoms with Gasteiger partial charge in [-0.05, 0) is 76.7 Å². The molecule has 4 aromatic carbocycles. The van der Waals surface area contributed by atoms with Crippen molar-refractivity contribution in [3.05, 3.63) is 113 Å². The van der Waals surface area contributed by atoms with Crippen LogP contribution in [0.25, 0.3) is 11.1 Å². The molecule has 0 aromatic heterocycles. The minimum absolute atomic E-state index is 0.0664. The Labute approximate surface area is 273 Å². The molecule has 47 heavy (non-hydrogen) atoms. The molecule has 0 spiro atoms. The highest BCUT2D eigenvalue weighted by molar-refractivity contribution is 5.96. The number of nitrogens with one attached hydrogen (secondary N) is 2. The number of hydrogen-bond acceptors (Lipinski definition) is 7. The first-order valence-electron chi connectivity index (χ1n) is 15.5. The summed E-state index contributed by atoms with van der Waals surface area (Å²) in [7, 11) is 1.53. The average Bonchev–Trinajstić information content (AvgIpc) is 3.49. The summed E-state index contributed by atoms with van der Waals surface area (Å²) < 4.78 is 17.9. The lowest BCUT2D eigenvalue weighted by Crippen LogP contribution is -2.45. The molecule has 242 valence electrons. The van der Waals surface area contributed by atoms with Crippen molar-refractivity contribution in [3.8, 4) is 28.4 Å². The highest BCUT2D eigenvalue weighted by Gasteiger charge is 2.38. The van der Waals surface area contributed by atoms with Gasteiger partial charge in [-0.25, -0.2) is 0 Å². The van der Waals surface area contributed by atoms with E-state index in [9.17, 15) is 19.5 Å². The second-order valence-electron chi connectivity index (χ2n) is 11.8. The fraction of sp³-hybridized carbons (Fsp3) is 0.270. The number of likely N-dealkylation sites (tertiary alicyclic amines) is 1. The van der Waals surface area contributed by atoms with Crippen LogP contribution in [0.3, 0.4) is 0 Å². The Morgan fingerprint density at radius 3 is 2.55 bits per heavy atom. The number of hydrogen-bond donors (Lipinski definition) is 3. The molecule has 0 saturated carbocycles. The lowest BCUT2D eigenvalue weighted by Gasteiger charge is -2.23. The SMILES string of the molecule is COc1cc2ccc1O[C@H]1CN(C(=O)Cc3ccc(CO)cc3)C[C@@H]1NC(=O)c1ccc(C)c(c1)-c1cccc(c1)OCC(=O)NC2. The van der Waals surface area contributed by atoms with Crippen LogP contribution in [-0.2, 0) is 29.2 Å². The minimum atomic E-state index is -0.566. The monoisotopic (exact) mass is 635 g/mol. The van der Waals surface area contributed by atoms with Gasteiger partial charge in [-0.1, -0.05) is 48.5 Å². The Morgan fingerprint density at radius 1 is 0.957 bits per heavy atom. The predicted molar refractivity (Wildman–Crippen MR) is 175 cm³/mol. The highest BCUT2D eigenvalue weighted by Crippen LogP contribution is 2.32. The normalized spacial score (nSPS) is 17.9. The van der Waals surface area contributed by atoms with Crippen molar-refractivity contribution in [2.24, 2.45) is 0 Å². The molecule has 3 amide bonds. The molecular formula is C37H37N3O7. The molecule has 7 rings (SSSR count). The van der Waals surface area contributed by atoms with Crippen molar-refractivity contribution in [1.29, 1.82) is 0 Å². The van der Waals surface area contributed by atoms with E-state index < -0.39 is 12.1 Å². The number of rotatable bonds is 4. The van der Waals surface area contributed by atoms with Gasteiger partial charge in [0.2, 0.25) is 5.91 Å². The number of ether oxygens (including phenoxy) is 3. The molecule has 10 heteroatoms. The molecule has 10 nitrogen and oxygen atoms in total. The Bertz CT molecular complexity index is 1790. The number of carbonyl (C=O) groups is 3. The third-order valence-electron chi connectivity index (χ3n) is 8.51. The number of methoxy groups -OCH3 is 1. The smallest absolute Gasteiger partial charge is 0.258 e. The van der Waals surface area contributed by atoms with Gasteiger partial charge in [-0.3, -0.25) is 14.4 Å². The molecule has 0 unspecified atom stereocenters. The van der Waals surface area contributed by atoms with Crippen LogP contribution < -0.4 is 24.8 Å². The summed E-state index contributed by atoms with van der Waals surface area (Å²) in [4.78, 5) is 41.6. The zero-order valence-electron chi connectivity index (χ0n) is 26.3. The van der Waals surface area contributed by atoms with Crippen LogP contribution in [-0.4, -0.2) is 66.7 Å². The van der Waals surface area contributed by atoms with Crippen molar-refractivity contribution >= 4 is 17.7 Å². The number of aryl methyl sites for hydroxylation is 1. The molecule has 3 heterocycles. The summed E-state index contributed by atoms with van der Waals surface area (Å²) >= 11 is 0. The third kappa shape index (κ3) is 7.39. The first-order chi connectivity index (χ1) is 22.8. The number of amides is 3. The Hall–Kier alpha value is -5.35. The molecule has 4 aromatic rings. The van der Waals surface area contributed by atoms with Crippen LogP contribution in [0.1, 0.15) is 32.6 Å². The summed E-state index contributed by atoms with van der Waals surface area (Å²) in [5, 5.41) is 15.4. The van der Waals surface area contributed by atoms with Gasteiger partial charge in [0.1, 0.15) is 11.9 Å². The van der Waals surface area contributed by atoms with Crippen molar-refractivity contribution in [3.63, 3.8) is 0 Å². The fourth-order valence-corrected chi connectivity index (χ4v) is 5.85. The summed E-state index contributed by atoms with van der Waals surface area (Å²) in [5.41, 5.74) is 5.53. The molecule has 0 radical (unpaired) electrons. The maximum absolute atomic E-state index is 13.8. The molecule has 2 atom stereocenters. The standard InChI is InChI=1S/C37H37N3O7/c1-23-6-12-28-17-30(23)27-4-3-5-29(16-27)46-22-35(42)38-18-26-11-13-32(33(14-26)45-2)47-34-20-40(19-31(34)39-37(28)44)36(43)15-24-7-9-25(21-41)10-8-24/h3-14,16-17,31,34,41H,15,18-22H2,1-2H3,(H,38,42)(H,39,44)/t31-,34-/m0/s1. The van der Waals surface area contributed by atoms with E-state index in [4.69, 9.17) is 14.2 Å². The van der Waals surface area contributed by atoms with Crippen LogP contribution in [0.15, 0.2) is 84.9 Å². The van der Waals surface area contributed by atoms with Gasteiger partial charge in [0.05, 0.1) is 32.7 Å². The maximum atomic E-state index is 13.8. The van der Waals surface area contributed by atoms with Crippen LogP contribution >= 0.6 is 0 Å². The van der Waals surface area contributed by atoms with Crippen LogP contribution in [0.2, 0.25) is 0 Å². The molecule has 3 aliphatic rings. The van der Waals surface area contributed by atoms with Gasteiger partial charge in [-0.2, -0.15) is 0 Å². The maximum Gasteiger partial charge on any atom is 0.258 e. The Morgan fingerprint density at radius 2 is 1.77 bits per heavy atom. The minimum Gasteiger partial charge on any atom is -0.493 e. The Balaban J connectivity index is 1.32. The van der Waals surface area contributed by atoms with Crippen LogP contribution in [0.5, 0.6) is 17.2 Å². The summed E-state index contributed by atoms with van der Waals surface area (Å²) in [5.74, 6) is 0.778. The topological polar surface area (TPSA) is 126 Å². The largest absolute Gasteiger partial charge is 0.493 e. The molecule has 3 N–H and O–H groups in total. The fourth-order valence-electron chi connectivity index (χ4n) is 5.85. The summed E-state index contributed by atoms with van der Waals surface area (Å²) in [6.45, 7) is 2.52. The number of benzene rings is 4. The lowest BCUT2D eigenvalue weighted by molar-refractivity contribution is -0.129. The molecular weight excluding hydrogens is 598 g/mol. The number of nitrogens with zero attached hydrogens (tertiary/aromatic N) is 1. The first kappa shape index (κ1) is 31.6. The molecule has 6 bridgehead atoms. The van der Waals surface area contributed by atoms with Crippen LogP contribution in [0, 0.1) is 6.92 Å². The predicted octanol–water partition coefficient (Wildman–Crippen LogP) is 3.80. The second kappa shape index (κ2) is 14.0. The zero-order valence-corrected chi connectivity index (χ0v) is 26.3. The van der Waals surface area contributed by atoms with Gasteiger partial charge in [-0.15, -0.1) is 0 Å². The Kier molecular flexibility index (Phi) is 9.40. The van der Waals surface area contributed by atoms with E-state index in [0.29, 0.717) is 22.8 Å². The van der Waals surface area contributed by atoms with E-state index in [1.165, 1.54) is 7.11 Å².